The first kappa shape index (κ1) is 16.3. The molecular weight excluding hydrogens is 356 g/mol. The number of ether oxygens (including phenoxy) is 1. The van der Waals surface area contributed by atoms with Gasteiger partial charge in [-0.3, -0.25) is 4.79 Å². The summed E-state index contributed by atoms with van der Waals surface area (Å²) in [7, 11) is 0. The second-order valence-corrected chi connectivity index (χ2v) is 5.95. The lowest BCUT2D eigenvalue weighted by atomic mass is 10.3. The lowest BCUT2D eigenvalue weighted by Crippen LogP contribution is -2.09. The number of alkyl halides is 1. The summed E-state index contributed by atoms with van der Waals surface area (Å²) in [6.45, 7) is 2.99. The Labute approximate surface area is 137 Å². The molecule has 1 aromatic carbocycles. The third-order valence-electron chi connectivity index (χ3n) is 3.18. The Kier molecular flexibility index (Phi) is 6.06. The SMILES string of the molecule is CCOC(=O)CCCn1c(CCCl)nc2cc(Br)ccc21. The van der Waals surface area contributed by atoms with Crippen LogP contribution < -0.4 is 0 Å². The average Bonchev–Trinajstić information content (AvgIpc) is 2.76. The van der Waals surface area contributed by atoms with Gasteiger partial charge in [-0.25, -0.2) is 4.98 Å². The van der Waals surface area contributed by atoms with E-state index in [0.29, 0.717) is 25.3 Å². The predicted octanol–water partition coefficient (Wildman–Crippen LogP) is 3.92. The molecule has 2 aromatic rings. The van der Waals surface area contributed by atoms with E-state index in [9.17, 15) is 4.79 Å². The van der Waals surface area contributed by atoms with Crippen molar-refractivity contribution >= 4 is 44.5 Å². The zero-order valence-corrected chi connectivity index (χ0v) is 14.3. The zero-order valence-electron chi connectivity index (χ0n) is 11.9. The molecule has 0 saturated heterocycles. The van der Waals surface area contributed by atoms with Crippen LogP contribution in [0.3, 0.4) is 0 Å². The molecule has 0 bridgehead atoms. The van der Waals surface area contributed by atoms with Crippen LogP contribution in [0.15, 0.2) is 22.7 Å². The molecule has 1 heterocycles. The molecule has 0 unspecified atom stereocenters. The molecule has 0 aliphatic rings. The van der Waals surface area contributed by atoms with Crippen LogP contribution in [0.25, 0.3) is 11.0 Å². The van der Waals surface area contributed by atoms with Crippen molar-refractivity contribution in [1.29, 1.82) is 0 Å². The van der Waals surface area contributed by atoms with Gasteiger partial charge in [-0.05, 0) is 31.5 Å². The van der Waals surface area contributed by atoms with Gasteiger partial charge >= 0.3 is 5.97 Å². The minimum absolute atomic E-state index is 0.149. The topological polar surface area (TPSA) is 44.1 Å². The number of rotatable bonds is 7. The number of halogens is 2. The number of carbonyl (C=O) groups is 1. The Bertz CT molecular complexity index is 627. The number of fused-ring (bicyclic) bond motifs is 1. The van der Waals surface area contributed by atoms with E-state index in [1.807, 2.05) is 25.1 Å². The third kappa shape index (κ3) is 4.20. The summed E-state index contributed by atoms with van der Waals surface area (Å²) in [5, 5.41) is 0. The van der Waals surface area contributed by atoms with Crippen LogP contribution in [0.5, 0.6) is 0 Å². The Morgan fingerprint density at radius 1 is 1.48 bits per heavy atom. The summed E-state index contributed by atoms with van der Waals surface area (Å²) in [6, 6.07) is 6.03. The lowest BCUT2D eigenvalue weighted by molar-refractivity contribution is -0.143. The third-order valence-corrected chi connectivity index (χ3v) is 3.86. The predicted molar refractivity (Wildman–Crippen MR) is 87.7 cm³/mol. The van der Waals surface area contributed by atoms with E-state index in [1.165, 1.54) is 0 Å². The Morgan fingerprint density at radius 3 is 3.00 bits per heavy atom. The molecule has 1 aromatic heterocycles. The molecule has 0 aliphatic carbocycles. The van der Waals surface area contributed by atoms with Gasteiger partial charge in [0.2, 0.25) is 0 Å². The van der Waals surface area contributed by atoms with E-state index in [4.69, 9.17) is 16.3 Å². The highest BCUT2D eigenvalue weighted by molar-refractivity contribution is 9.10. The van der Waals surface area contributed by atoms with E-state index < -0.39 is 0 Å². The maximum absolute atomic E-state index is 11.4. The number of carbonyl (C=O) groups excluding carboxylic acids is 1. The standard InChI is InChI=1S/C15H18BrClN2O2/c1-2-21-15(20)4-3-9-19-13-6-5-11(16)10-12(13)18-14(19)7-8-17/h5-6,10H,2-4,7-9H2,1H3. The molecule has 0 spiro atoms. The number of imidazole rings is 1. The number of nitrogens with zero attached hydrogens (tertiary/aromatic N) is 2. The van der Waals surface area contributed by atoms with Crippen molar-refractivity contribution in [1.82, 2.24) is 9.55 Å². The Hall–Kier alpha value is -1.07. The Balaban J connectivity index is 2.16. The van der Waals surface area contributed by atoms with E-state index in [2.05, 4.69) is 25.5 Å². The van der Waals surface area contributed by atoms with Crippen molar-refractivity contribution in [2.45, 2.75) is 32.7 Å². The van der Waals surface area contributed by atoms with Crippen LogP contribution in [-0.2, 0) is 22.5 Å². The van der Waals surface area contributed by atoms with Gasteiger partial charge in [-0.1, -0.05) is 15.9 Å². The molecular formula is C15H18BrClN2O2. The quantitative estimate of drug-likeness (QED) is 0.546. The van der Waals surface area contributed by atoms with Crippen LogP contribution >= 0.6 is 27.5 Å². The minimum atomic E-state index is -0.149. The van der Waals surface area contributed by atoms with E-state index in [-0.39, 0.29) is 5.97 Å². The molecule has 0 N–H and O–H groups in total. The number of hydrogen-bond donors (Lipinski definition) is 0. The monoisotopic (exact) mass is 372 g/mol. The molecule has 114 valence electrons. The summed E-state index contributed by atoms with van der Waals surface area (Å²) in [6.07, 6.45) is 1.87. The largest absolute Gasteiger partial charge is 0.466 e. The molecule has 0 radical (unpaired) electrons. The zero-order chi connectivity index (χ0) is 15.2. The van der Waals surface area contributed by atoms with Crippen LogP contribution in [0.2, 0.25) is 0 Å². The fourth-order valence-corrected chi connectivity index (χ4v) is 2.81. The Morgan fingerprint density at radius 2 is 2.29 bits per heavy atom. The molecule has 0 aliphatic heterocycles. The van der Waals surface area contributed by atoms with Gasteiger partial charge in [-0.2, -0.15) is 0 Å². The first-order valence-electron chi connectivity index (χ1n) is 7.02. The van der Waals surface area contributed by atoms with Crippen molar-refractivity contribution in [3.8, 4) is 0 Å². The summed E-state index contributed by atoms with van der Waals surface area (Å²) in [5.74, 6) is 1.34. The molecule has 6 heteroatoms. The van der Waals surface area contributed by atoms with Crippen LogP contribution in [0.4, 0.5) is 0 Å². The van der Waals surface area contributed by atoms with E-state index in [1.54, 1.807) is 0 Å². The summed E-state index contributed by atoms with van der Waals surface area (Å²) in [4.78, 5) is 16.0. The van der Waals surface area contributed by atoms with Gasteiger partial charge in [0, 0.05) is 29.7 Å². The van der Waals surface area contributed by atoms with Gasteiger partial charge in [0.15, 0.2) is 0 Å². The first-order chi connectivity index (χ1) is 10.2. The number of aryl methyl sites for hydroxylation is 2. The van der Waals surface area contributed by atoms with Crippen molar-refractivity contribution in [2.24, 2.45) is 0 Å². The number of benzene rings is 1. The van der Waals surface area contributed by atoms with Crippen molar-refractivity contribution in [2.75, 3.05) is 12.5 Å². The molecule has 4 nitrogen and oxygen atoms in total. The van der Waals surface area contributed by atoms with Crippen LogP contribution in [0, 0.1) is 0 Å². The maximum Gasteiger partial charge on any atom is 0.305 e. The summed E-state index contributed by atoms with van der Waals surface area (Å²) < 4.78 is 8.10. The van der Waals surface area contributed by atoms with Gasteiger partial charge in [0.05, 0.1) is 17.6 Å². The lowest BCUT2D eigenvalue weighted by Gasteiger charge is -2.08. The van der Waals surface area contributed by atoms with E-state index in [0.717, 1.165) is 34.3 Å². The molecule has 0 fully saturated rings. The highest BCUT2D eigenvalue weighted by Crippen LogP contribution is 2.22. The smallest absolute Gasteiger partial charge is 0.305 e. The van der Waals surface area contributed by atoms with Crippen molar-refractivity contribution in [3.05, 3.63) is 28.5 Å². The molecule has 2 rings (SSSR count). The van der Waals surface area contributed by atoms with Crippen LogP contribution in [-0.4, -0.2) is 28.0 Å². The fraction of sp³-hybridized carbons (Fsp3) is 0.467. The molecule has 21 heavy (non-hydrogen) atoms. The van der Waals surface area contributed by atoms with Crippen molar-refractivity contribution < 1.29 is 9.53 Å². The summed E-state index contributed by atoms with van der Waals surface area (Å²) in [5.41, 5.74) is 2.02. The minimum Gasteiger partial charge on any atom is -0.466 e. The first-order valence-corrected chi connectivity index (χ1v) is 8.34. The maximum atomic E-state index is 11.4. The highest BCUT2D eigenvalue weighted by Gasteiger charge is 2.11. The number of aromatic nitrogens is 2. The van der Waals surface area contributed by atoms with Gasteiger partial charge in [0.25, 0.3) is 0 Å². The fourth-order valence-electron chi connectivity index (χ4n) is 2.29. The highest BCUT2D eigenvalue weighted by atomic mass is 79.9. The normalized spacial score (nSPS) is 11.0. The number of hydrogen-bond acceptors (Lipinski definition) is 3. The van der Waals surface area contributed by atoms with Crippen LogP contribution in [0.1, 0.15) is 25.6 Å². The average molecular weight is 374 g/mol. The second-order valence-electron chi connectivity index (χ2n) is 4.66. The molecule has 0 amide bonds. The van der Waals surface area contributed by atoms with Gasteiger partial charge in [-0.15, -0.1) is 11.6 Å². The van der Waals surface area contributed by atoms with Gasteiger partial charge in [0.1, 0.15) is 5.82 Å². The number of esters is 1. The van der Waals surface area contributed by atoms with Gasteiger partial charge < -0.3 is 9.30 Å². The second kappa shape index (κ2) is 7.80. The van der Waals surface area contributed by atoms with E-state index >= 15 is 0 Å². The summed E-state index contributed by atoms with van der Waals surface area (Å²) >= 11 is 9.31. The van der Waals surface area contributed by atoms with Crippen molar-refractivity contribution in [3.63, 3.8) is 0 Å². The molecule has 0 saturated carbocycles. The molecule has 0 atom stereocenters.